The fourth-order valence-corrected chi connectivity index (χ4v) is 2.17. The number of pyridine rings is 1. The number of methoxy groups -OCH3 is 1. The number of sulfonamides is 1. The van der Waals surface area contributed by atoms with E-state index in [1.807, 2.05) is 0 Å². The van der Waals surface area contributed by atoms with E-state index >= 15 is 0 Å². The Balaban J connectivity index is 2.49. The molecule has 112 valence electrons. The van der Waals surface area contributed by atoms with Gasteiger partial charge in [0.25, 0.3) is 10.0 Å². The Kier molecular flexibility index (Phi) is 6.52. The molecule has 1 aromatic heterocycles. The lowest BCUT2D eigenvalue weighted by molar-refractivity contribution is 0.0696. The molecule has 9 heteroatoms. The van der Waals surface area contributed by atoms with Gasteiger partial charge in [-0.25, -0.2) is 22.9 Å². The first-order valence-electron chi connectivity index (χ1n) is 5.73. The molecular weight excluding hydrogens is 288 g/mol. The molecule has 0 bridgehead atoms. The molecule has 20 heavy (non-hydrogen) atoms. The molecule has 0 aliphatic heterocycles. The van der Waals surface area contributed by atoms with Gasteiger partial charge in [0, 0.05) is 19.9 Å². The highest BCUT2D eigenvalue weighted by Gasteiger charge is 2.15. The first-order chi connectivity index (χ1) is 9.47. The third kappa shape index (κ3) is 5.21. The fourth-order valence-electron chi connectivity index (χ4n) is 1.23. The molecule has 2 N–H and O–H groups in total. The molecule has 0 aliphatic carbocycles. The number of ether oxygens (including phenoxy) is 2. The maximum absolute atomic E-state index is 11.8. The van der Waals surface area contributed by atoms with Gasteiger partial charge in [0.2, 0.25) is 0 Å². The van der Waals surface area contributed by atoms with Crippen LogP contribution in [0.5, 0.6) is 0 Å². The van der Waals surface area contributed by atoms with Crippen molar-refractivity contribution in [1.82, 2.24) is 9.71 Å². The highest BCUT2D eigenvalue weighted by Crippen LogP contribution is 2.06. The lowest BCUT2D eigenvalue weighted by Gasteiger charge is -2.07. The van der Waals surface area contributed by atoms with Crippen LogP contribution in [0.25, 0.3) is 0 Å². The van der Waals surface area contributed by atoms with Crippen LogP contribution < -0.4 is 4.72 Å². The average molecular weight is 304 g/mol. The number of hydrogen-bond donors (Lipinski definition) is 2. The van der Waals surface area contributed by atoms with E-state index < -0.39 is 16.0 Å². The van der Waals surface area contributed by atoms with Crippen molar-refractivity contribution in [1.29, 1.82) is 0 Å². The monoisotopic (exact) mass is 304 g/mol. The molecule has 0 aromatic carbocycles. The number of nitrogens with zero attached hydrogens (tertiary/aromatic N) is 1. The van der Waals surface area contributed by atoms with E-state index in [4.69, 9.17) is 14.6 Å². The highest BCUT2D eigenvalue weighted by molar-refractivity contribution is 7.89. The summed E-state index contributed by atoms with van der Waals surface area (Å²) >= 11 is 0. The van der Waals surface area contributed by atoms with Crippen LogP contribution in [-0.4, -0.2) is 58.0 Å². The topological polar surface area (TPSA) is 115 Å². The van der Waals surface area contributed by atoms with E-state index in [9.17, 15) is 13.2 Å². The SMILES string of the molecule is COCCOCCNS(=O)(=O)c1ccc(C(=O)O)cn1. The van der Waals surface area contributed by atoms with E-state index in [0.717, 1.165) is 12.3 Å². The van der Waals surface area contributed by atoms with Crippen LogP contribution in [-0.2, 0) is 19.5 Å². The average Bonchev–Trinajstić information content (AvgIpc) is 2.43. The smallest absolute Gasteiger partial charge is 0.337 e. The second-order valence-electron chi connectivity index (χ2n) is 3.69. The molecular formula is C11H16N2O6S. The maximum Gasteiger partial charge on any atom is 0.337 e. The third-order valence-electron chi connectivity index (χ3n) is 2.23. The zero-order valence-electron chi connectivity index (χ0n) is 10.9. The summed E-state index contributed by atoms with van der Waals surface area (Å²) in [6.45, 7) is 1.11. The zero-order valence-corrected chi connectivity index (χ0v) is 11.7. The number of hydrogen-bond acceptors (Lipinski definition) is 6. The molecule has 0 saturated carbocycles. The molecule has 8 nitrogen and oxygen atoms in total. The lowest BCUT2D eigenvalue weighted by atomic mass is 10.3. The Hall–Kier alpha value is -1.55. The molecule has 1 aromatic rings. The summed E-state index contributed by atoms with van der Waals surface area (Å²) in [5.41, 5.74) is -0.0770. The second kappa shape index (κ2) is 7.90. The van der Waals surface area contributed by atoms with Gasteiger partial charge in [0.05, 0.1) is 25.4 Å². The van der Waals surface area contributed by atoms with Crippen molar-refractivity contribution in [3.8, 4) is 0 Å². The van der Waals surface area contributed by atoms with Gasteiger partial charge in [-0.05, 0) is 12.1 Å². The summed E-state index contributed by atoms with van der Waals surface area (Å²) < 4.78 is 35.8. The van der Waals surface area contributed by atoms with Crippen molar-refractivity contribution in [3.05, 3.63) is 23.9 Å². The Morgan fingerprint density at radius 3 is 2.65 bits per heavy atom. The van der Waals surface area contributed by atoms with Gasteiger partial charge in [-0.1, -0.05) is 0 Å². The first kappa shape index (κ1) is 16.5. The molecule has 0 amide bonds. The van der Waals surface area contributed by atoms with Crippen molar-refractivity contribution in [2.24, 2.45) is 0 Å². The van der Waals surface area contributed by atoms with Crippen LogP contribution >= 0.6 is 0 Å². The van der Waals surface area contributed by atoms with Crippen molar-refractivity contribution in [2.75, 3.05) is 33.5 Å². The Bertz CT molecular complexity index is 528. The largest absolute Gasteiger partial charge is 0.478 e. The summed E-state index contributed by atoms with van der Waals surface area (Å²) in [5.74, 6) is -1.17. The van der Waals surface area contributed by atoms with Gasteiger partial charge >= 0.3 is 5.97 Å². The van der Waals surface area contributed by atoms with E-state index in [1.54, 1.807) is 7.11 Å². The lowest BCUT2D eigenvalue weighted by Crippen LogP contribution is -2.28. The van der Waals surface area contributed by atoms with E-state index in [2.05, 4.69) is 9.71 Å². The maximum atomic E-state index is 11.8. The van der Waals surface area contributed by atoms with Crippen LogP contribution in [0.3, 0.4) is 0 Å². The molecule has 0 fully saturated rings. The van der Waals surface area contributed by atoms with Crippen LogP contribution in [0.4, 0.5) is 0 Å². The van der Waals surface area contributed by atoms with E-state index in [0.29, 0.717) is 13.2 Å². The van der Waals surface area contributed by atoms with Gasteiger partial charge in [0.15, 0.2) is 5.03 Å². The second-order valence-corrected chi connectivity index (χ2v) is 5.41. The minimum absolute atomic E-state index is 0.0770. The summed E-state index contributed by atoms with van der Waals surface area (Å²) in [6.07, 6.45) is 0.992. The molecule has 0 unspecified atom stereocenters. The van der Waals surface area contributed by atoms with E-state index in [-0.39, 0.29) is 23.7 Å². The predicted octanol–water partition coefficient (Wildman–Crippen LogP) is -0.279. The van der Waals surface area contributed by atoms with Gasteiger partial charge in [0.1, 0.15) is 0 Å². The molecule has 0 atom stereocenters. The normalized spacial score (nSPS) is 11.4. The number of rotatable bonds is 9. The molecule has 1 heterocycles. The third-order valence-corrected chi connectivity index (χ3v) is 3.61. The Morgan fingerprint density at radius 2 is 2.10 bits per heavy atom. The molecule has 1 rings (SSSR count). The van der Waals surface area contributed by atoms with Crippen LogP contribution in [0, 0.1) is 0 Å². The zero-order chi connectivity index (χ0) is 15.0. The van der Waals surface area contributed by atoms with Gasteiger partial charge in [-0.2, -0.15) is 0 Å². The van der Waals surface area contributed by atoms with Crippen molar-refractivity contribution in [3.63, 3.8) is 0 Å². The van der Waals surface area contributed by atoms with Crippen molar-refractivity contribution in [2.45, 2.75) is 5.03 Å². The number of aromatic carboxylic acids is 1. The fraction of sp³-hybridized carbons (Fsp3) is 0.455. The Labute approximate surface area is 116 Å². The van der Waals surface area contributed by atoms with Crippen molar-refractivity contribution >= 4 is 16.0 Å². The van der Waals surface area contributed by atoms with Crippen LogP contribution in [0.15, 0.2) is 23.4 Å². The minimum Gasteiger partial charge on any atom is -0.478 e. The summed E-state index contributed by atoms with van der Waals surface area (Å²) in [5, 5.41) is 8.45. The summed E-state index contributed by atoms with van der Waals surface area (Å²) in [4.78, 5) is 14.2. The molecule has 0 saturated heterocycles. The summed E-state index contributed by atoms with van der Waals surface area (Å²) in [7, 11) is -2.22. The van der Waals surface area contributed by atoms with Gasteiger partial charge < -0.3 is 14.6 Å². The first-order valence-corrected chi connectivity index (χ1v) is 7.21. The minimum atomic E-state index is -3.76. The summed E-state index contributed by atoms with van der Waals surface area (Å²) in [6, 6.07) is 2.32. The highest BCUT2D eigenvalue weighted by atomic mass is 32.2. The number of aromatic nitrogens is 1. The van der Waals surface area contributed by atoms with Crippen LogP contribution in [0.1, 0.15) is 10.4 Å². The van der Waals surface area contributed by atoms with Gasteiger partial charge in [-0.3, -0.25) is 0 Å². The number of carboxylic acid groups (broad SMARTS) is 1. The standard InChI is InChI=1S/C11H16N2O6S/c1-18-6-7-19-5-4-13-20(16,17)10-3-2-9(8-12-10)11(14)15/h2-3,8,13H,4-7H2,1H3,(H,14,15). The number of carbonyl (C=O) groups is 1. The molecule has 0 radical (unpaired) electrons. The quantitative estimate of drug-likeness (QED) is 0.603. The van der Waals surface area contributed by atoms with Crippen LogP contribution in [0.2, 0.25) is 0 Å². The molecule has 0 aliphatic rings. The predicted molar refractivity (Wildman–Crippen MR) is 69.1 cm³/mol. The van der Waals surface area contributed by atoms with Gasteiger partial charge in [-0.15, -0.1) is 0 Å². The molecule has 0 spiro atoms. The van der Waals surface area contributed by atoms with E-state index in [1.165, 1.54) is 6.07 Å². The number of carboxylic acids is 1. The van der Waals surface area contributed by atoms with Crippen molar-refractivity contribution < 1.29 is 27.8 Å². The Morgan fingerprint density at radius 1 is 1.35 bits per heavy atom. The number of nitrogens with one attached hydrogen (secondary N) is 1.